The number of aliphatic hydroxyl groups is 2. The van der Waals surface area contributed by atoms with Crippen LogP contribution in [0.2, 0.25) is 0 Å². The van der Waals surface area contributed by atoms with Gasteiger partial charge in [-0.15, -0.1) is 0 Å². The molecule has 3 aliphatic rings. The third kappa shape index (κ3) is 5.60. The van der Waals surface area contributed by atoms with Gasteiger partial charge in [-0.3, -0.25) is 27.9 Å². The maximum absolute atomic E-state index is 13.5. The molecule has 2 unspecified atom stereocenters. The number of thiol groups is 1. The van der Waals surface area contributed by atoms with Gasteiger partial charge in [0.1, 0.15) is 48.3 Å². The van der Waals surface area contributed by atoms with Gasteiger partial charge in [-0.1, -0.05) is 12.2 Å². The van der Waals surface area contributed by atoms with E-state index in [9.17, 15) is 24.5 Å². The predicted octanol–water partition coefficient (Wildman–Crippen LogP) is -0.0190. The molecule has 8 N–H and O–H groups in total. The Kier molecular flexibility index (Phi) is 7.82. The molecule has 0 spiro atoms. The lowest BCUT2D eigenvalue weighted by Crippen LogP contribution is -2.35. The lowest BCUT2D eigenvalue weighted by Gasteiger charge is -2.28. The monoisotopic (exact) mass is 703 g/mol. The van der Waals surface area contributed by atoms with Crippen LogP contribution in [0.5, 0.6) is 0 Å². The Morgan fingerprint density at radius 3 is 2.67 bits per heavy atom. The van der Waals surface area contributed by atoms with Crippen LogP contribution in [0.1, 0.15) is 18.7 Å². The number of nitrogens with one attached hydrogen (secondary N) is 1. The molecule has 2 bridgehead atoms. The lowest BCUT2D eigenvalue weighted by molar-refractivity contribution is -0.0527. The number of nitrogen functional groups attached to an aromatic ring is 2. The predicted molar refractivity (Wildman–Crippen MR) is 162 cm³/mol. The molecular formula is C22H27N9O10P2S2. The summed E-state index contributed by atoms with van der Waals surface area (Å²) < 4.78 is 45.2. The van der Waals surface area contributed by atoms with Gasteiger partial charge in [0.2, 0.25) is 5.95 Å². The molecule has 0 radical (unpaired) electrons. The number of hydrogen-bond donors (Lipinski definition) is 7. The summed E-state index contributed by atoms with van der Waals surface area (Å²) in [6.07, 6.45) is -3.45. The summed E-state index contributed by atoms with van der Waals surface area (Å²) in [5, 5.41) is 23.2. The molecule has 0 amide bonds. The van der Waals surface area contributed by atoms with Crippen molar-refractivity contribution < 1.29 is 42.5 Å². The smallest absolute Gasteiger partial charge is 0.386 e. The van der Waals surface area contributed by atoms with E-state index in [0.29, 0.717) is 11.0 Å². The van der Waals surface area contributed by atoms with Crippen molar-refractivity contribution in [3.63, 3.8) is 0 Å². The second-order valence-corrected chi connectivity index (χ2v) is 16.4. The molecule has 242 valence electrons. The number of nitrogens with two attached hydrogens (primary N) is 2. The molecule has 3 fully saturated rings. The average molecular weight is 704 g/mol. The van der Waals surface area contributed by atoms with Crippen LogP contribution >= 0.6 is 25.8 Å². The number of aromatic amines is 1. The van der Waals surface area contributed by atoms with Crippen LogP contribution < -0.4 is 17.0 Å². The first-order valence-corrected chi connectivity index (χ1v) is 18.7. The SMILES string of the molecule is Nc1nc2c(ncn2[C@@H]2O[C@@H]3COP(=O)(S)O[C@@H]4[C@@H](COP(O)(=S)O[C@@H]2[C@@H]3O)C[C@@H](n2ccc3c(N)ncnc32)[C@@H]4O)c(=O)[nH]1. The van der Waals surface area contributed by atoms with E-state index in [2.05, 4.69) is 37.2 Å². The molecule has 7 rings (SSSR count). The zero-order valence-corrected chi connectivity index (χ0v) is 26.3. The van der Waals surface area contributed by atoms with Gasteiger partial charge < -0.3 is 40.4 Å². The minimum atomic E-state index is -4.22. The maximum Gasteiger partial charge on any atom is 0.386 e. The first-order chi connectivity index (χ1) is 21.3. The molecule has 23 heteroatoms. The number of nitrogens with zero attached hydrogens (tertiary/aromatic N) is 6. The molecule has 2 aliphatic heterocycles. The van der Waals surface area contributed by atoms with Gasteiger partial charge in [0.15, 0.2) is 17.4 Å². The van der Waals surface area contributed by atoms with Crippen molar-refractivity contribution in [2.45, 2.75) is 49.2 Å². The van der Waals surface area contributed by atoms with Gasteiger partial charge in [-0.2, -0.15) is 4.98 Å². The Labute approximate surface area is 262 Å². The maximum atomic E-state index is 13.5. The Morgan fingerprint density at radius 1 is 1.07 bits per heavy atom. The van der Waals surface area contributed by atoms with Crippen LogP contribution in [0, 0.1) is 5.92 Å². The van der Waals surface area contributed by atoms with E-state index in [4.69, 9.17) is 46.1 Å². The van der Waals surface area contributed by atoms with Crippen LogP contribution in [0.15, 0.2) is 29.7 Å². The van der Waals surface area contributed by atoms with Crippen molar-refractivity contribution in [1.82, 2.24) is 34.1 Å². The van der Waals surface area contributed by atoms with E-state index in [1.165, 1.54) is 17.2 Å². The number of H-pyrrole nitrogens is 1. The summed E-state index contributed by atoms with van der Waals surface area (Å²) in [6.45, 7) is -9.20. The Hall–Kier alpha value is -2.52. The molecule has 6 heterocycles. The summed E-state index contributed by atoms with van der Waals surface area (Å²) in [5.41, 5.74) is 11.5. The zero-order chi connectivity index (χ0) is 31.8. The number of aliphatic hydroxyl groups excluding tert-OH is 2. The fourth-order valence-electron chi connectivity index (χ4n) is 5.98. The number of hydrogen-bond acceptors (Lipinski definition) is 16. The molecule has 2 saturated heterocycles. The van der Waals surface area contributed by atoms with E-state index in [1.54, 1.807) is 16.8 Å². The highest BCUT2D eigenvalue weighted by molar-refractivity contribution is 8.44. The largest absolute Gasteiger partial charge is 0.388 e. The van der Waals surface area contributed by atoms with Crippen LogP contribution in [-0.2, 0) is 39.2 Å². The zero-order valence-electron chi connectivity index (χ0n) is 22.8. The van der Waals surface area contributed by atoms with Crippen LogP contribution in [0.4, 0.5) is 11.8 Å². The van der Waals surface area contributed by atoms with Crippen molar-refractivity contribution in [2.24, 2.45) is 5.92 Å². The number of aromatic nitrogens is 7. The Balaban J connectivity index is 1.21. The molecule has 0 aromatic carbocycles. The molecule has 1 saturated carbocycles. The Morgan fingerprint density at radius 2 is 1.87 bits per heavy atom. The van der Waals surface area contributed by atoms with Crippen molar-refractivity contribution >= 4 is 71.5 Å². The third-order valence-corrected chi connectivity index (χ3v) is 11.2. The van der Waals surface area contributed by atoms with Crippen molar-refractivity contribution in [3.8, 4) is 0 Å². The van der Waals surface area contributed by atoms with Gasteiger partial charge in [0.25, 0.3) is 5.56 Å². The van der Waals surface area contributed by atoms with E-state index >= 15 is 0 Å². The van der Waals surface area contributed by atoms with Gasteiger partial charge in [-0.25, -0.2) is 19.5 Å². The summed E-state index contributed by atoms with van der Waals surface area (Å²) in [4.78, 5) is 42.3. The first-order valence-electron chi connectivity index (χ1n) is 13.4. The Bertz CT molecular complexity index is 1940. The quantitative estimate of drug-likeness (QED) is 0.107. The molecule has 45 heavy (non-hydrogen) atoms. The van der Waals surface area contributed by atoms with Crippen LogP contribution in [0.25, 0.3) is 22.2 Å². The van der Waals surface area contributed by atoms with Crippen molar-refractivity contribution in [1.29, 1.82) is 0 Å². The van der Waals surface area contributed by atoms with E-state index in [0.717, 1.165) is 0 Å². The van der Waals surface area contributed by atoms with Gasteiger partial charge in [0.05, 0.1) is 31.0 Å². The second kappa shape index (κ2) is 11.3. The minimum Gasteiger partial charge on any atom is -0.388 e. The molecule has 19 nitrogen and oxygen atoms in total. The van der Waals surface area contributed by atoms with Gasteiger partial charge in [0, 0.05) is 12.1 Å². The van der Waals surface area contributed by atoms with E-state index in [1.807, 2.05) is 0 Å². The summed E-state index contributed by atoms with van der Waals surface area (Å²) >= 11 is 9.44. The number of ether oxygens (including phenoxy) is 1. The van der Waals surface area contributed by atoms with E-state index in [-0.39, 0.29) is 36.0 Å². The third-order valence-electron chi connectivity index (χ3n) is 8.04. The molecule has 1 aliphatic carbocycles. The molecule has 10 atom stereocenters. The highest BCUT2D eigenvalue weighted by Crippen LogP contribution is 2.59. The van der Waals surface area contributed by atoms with Crippen molar-refractivity contribution in [3.05, 3.63) is 35.3 Å². The van der Waals surface area contributed by atoms with Crippen molar-refractivity contribution in [2.75, 3.05) is 24.7 Å². The second-order valence-electron chi connectivity index (χ2n) is 10.8. The molecular weight excluding hydrogens is 676 g/mol. The number of imidazole rings is 1. The number of rotatable bonds is 2. The number of fused-ring (bicyclic) bond motifs is 5. The van der Waals surface area contributed by atoms with Crippen LogP contribution in [0.3, 0.4) is 0 Å². The average Bonchev–Trinajstić information content (AvgIpc) is 3.72. The van der Waals surface area contributed by atoms with Gasteiger partial charge in [-0.05, 0) is 24.3 Å². The lowest BCUT2D eigenvalue weighted by atomic mass is 10.1. The fourth-order valence-corrected chi connectivity index (χ4v) is 8.96. The summed E-state index contributed by atoms with van der Waals surface area (Å²) in [7, 11) is 0. The number of anilines is 2. The fraction of sp³-hybridized carbons (Fsp3) is 0.500. The summed E-state index contributed by atoms with van der Waals surface area (Å²) in [5.74, 6) is -0.645. The topological polar surface area (TPSA) is 270 Å². The highest BCUT2D eigenvalue weighted by atomic mass is 32.7. The van der Waals surface area contributed by atoms with E-state index < -0.39 is 74.4 Å². The minimum absolute atomic E-state index is 0.00140. The first kappa shape index (κ1) is 31.1. The highest BCUT2D eigenvalue weighted by Gasteiger charge is 2.52. The molecule has 4 aromatic heterocycles. The summed E-state index contributed by atoms with van der Waals surface area (Å²) in [6, 6.07) is 1.05. The van der Waals surface area contributed by atoms with Crippen LogP contribution in [-0.4, -0.2) is 92.9 Å². The standard InChI is InChI=1S/C22H27N9O10P2S2/c23-17-9-1-2-30(18(9)26-6-25-17)10-3-8-4-37-42(35,44)41-16-14(33)11(5-38-43(36,45)40-15(8)13(10)32)39-21(16)31-7-27-12-19(31)28-22(24)29-20(12)34/h1-2,6-8,10-11,13-16,21,32-33H,3-5H2,(H,35,44)(H,36,45)(H2,23,25,26)(H3,24,28,29,34)/t8-,10-,11-,13+,14-,15-,16-,21-,42?,43?/m1/s1. The van der Waals surface area contributed by atoms with Gasteiger partial charge >= 0.3 is 13.5 Å². The molecule has 4 aromatic rings. The normalized spacial score (nSPS) is 37.7.